The first-order valence-corrected chi connectivity index (χ1v) is 22.2. The molecule has 4 nitrogen and oxygen atoms in total. The number of hydrogen-bond acceptors (Lipinski definition) is 3. The van der Waals surface area contributed by atoms with Crippen molar-refractivity contribution < 1.29 is 0 Å². The van der Waals surface area contributed by atoms with E-state index in [1.807, 2.05) is 11.3 Å². The molecular weight excluding hydrogens is 785 g/mol. The average molecular weight is 819 g/mol. The van der Waals surface area contributed by atoms with Gasteiger partial charge in [0.05, 0.1) is 33.3 Å². The second-order valence-corrected chi connectivity index (χ2v) is 17.5. The van der Waals surface area contributed by atoms with Crippen LogP contribution in [0.15, 0.2) is 206 Å². The van der Waals surface area contributed by atoms with Crippen molar-refractivity contribution in [2.24, 2.45) is 0 Å². The second kappa shape index (κ2) is 13.2. The molecule has 0 bridgehead atoms. The van der Waals surface area contributed by atoms with Gasteiger partial charge in [-0.3, -0.25) is 4.57 Å². The molecule has 0 amide bonds. The highest BCUT2D eigenvalue weighted by atomic mass is 32.1. The lowest BCUT2D eigenvalue weighted by molar-refractivity contribution is 1.01. The van der Waals surface area contributed by atoms with E-state index in [9.17, 15) is 0 Å². The zero-order valence-electron chi connectivity index (χ0n) is 33.8. The number of nitrogens with zero attached hydrogens (tertiary/aromatic N) is 4. The minimum atomic E-state index is 0.652. The quantitative estimate of drug-likeness (QED) is 0.177. The van der Waals surface area contributed by atoms with E-state index in [1.165, 1.54) is 85.4 Å². The second-order valence-electron chi connectivity index (χ2n) is 16.4. The number of rotatable bonds is 4. The van der Waals surface area contributed by atoms with Gasteiger partial charge in [-0.25, -0.2) is 9.97 Å². The lowest BCUT2D eigenvalue weighted by Gasteiger charge is -2.16. The molecule has 4 heterocycles. The van der Waals surface area contributed by atoms with Gasteiger partial charge in [-0.2, -0.15) is 0 Å². The minimum Gasteiger partial charge on any atom is -0.309 e. The molecule has 10 aromatic carbocycles. The van der Waals surface area contributed by atoms with Crippen LogP contribution in [0.2, 0.25) is 0 Å². The van der Waals surface area contributed by atoms with Gasteiger partial charge in [0.2, 0.25) is 5.95 Å². The first kappa shape index (κ1) is 34.6. The summed E-state index contributed by atoms with van der Waals surface area (Å²) in [4.78, 5) is 11.1. The number of benzene rings is 10. The van der Waals surface area contributed by atoms with Gasteiger partial charge < -0.3 is 4.57 Å². The molecule has 0 aliphatic carbocycles. The van der Waals surface area contributed by atoms with E-state index in [-0.39, 0.29) is 0 Å². The Bertz CT molecular complexity index is 4210. The summed E-state index contributed by atoms with van der Waals surface area (Å²) in [5.41, 5.74) is 11.0. The van der Waals surface area contributed by atoms with Gasteiger partial charge in [-0.05, 0) is 81.2 Å². The summed E-state index contributed by atoms with van der Waals surface area (Å²) in [7, 11) is 0. The minimum absolute atomic E-state index is 0.652. The van der Waals surface area contributed by atoms with Crippen LogP contribution in [0.5, 0.6) is 0 Å². The highest BCUT2D eigenvalue weighted by molar-refractivity contribution is 7.26. The molecule has 0 atom stereocenters. The lowest BCUT2D eigenvalue weighted by atomic mass is 9.90. The third-order valence-electron chi connectivity index (χ3n) is 13.1. The number of hydrogen-bond donors (Lipinski definition) is 0. The molecule has 14 rings (SSSR count). The number of aromatic nitrogens is 4. The van der Waals surface area contributed by atoms with Gasteiger partial charge in [-0.1, -0.05) is 158 Å². The van der Waals surface area contributed by atoms with Gasteiger partial charge in [0, 0.05) is 58.4 Å². The zero-order valence-corrected chi connectivity index (χ0v) is 34.6. The highest BCUT2D eigenvalue weighted by Crippen LogP contribution is 2.47. The van der Waals surface area contributed by atoms with Crippen molar-refractivity contribution in [1.82, 2.24) is 19.1 Å². The number of thiophene rings is 1. The number of fused-ring (bicyclic) bond motifs is 14. The van der Waals surface area contributed by atoms with E-state index < -0.39 is 0 Å². The summed E-state index contributed by atoms with van der Waals surface area (Å²) in [5.74, 6) is 0.652. The standard InChI is InChI=1S/C58H34N4S/c1-2-17-35(18-3-1)61-49-30-13-9-25-43(49)54-39-22-6-4-19-36(39)46(33-51(54)61)47-34-52-55(40-23-7-5-20-37(40)47)44-26-10-14-31-50(44)62(52)58-59-48-29-12-8-24-42(48)56(60-58)45-28-16-27-41-38-21-11-15-32-53(38)63-57(41)45/h1-34H. The molecule has 0 saturated heterocycles. The fraction of sp³-hybridized carbons (Fsp3) is 0. The third-order valence-corrected chi connectivity index (χ3v) is 14.3. The van der Waals surface area contributed by atoms with Gasteiger partial charge >= 0.3 is 0 Å². The Morgan fingerprint density at radius 2 is 0.841 bits per heavy atom. The SMILES string of the molecule is c1ccc(-n2c3ccccc3c3c4ccccc4c(-c4cc5c(c6ccccc46)c4ccccc4n5-c4nc(-c5cccc6c5sc5ccccc56)c5ccccc5n4)cc32)cc1. The highest BCUT2D eigenvalue weighted by Gasteiger charge is 2.24. The van der Waals surface area contributed by atoms with Crippen molar-refractivity contribution in [1.29, 1.82) is 0 Å². The first-order valence-electron chi connectivity index (χ1n) is 21.4. The van der Waals surface area contributed by atoms with Crippen LogP contribution >= 0.6 is 11.3 Å². The Hall–Kier alpha value is -8.12. The summed E-state index contributed by atoms with van der Waals surface area (Å²) in [6, 6.07) is 74.8. The zero-order chi connectivity index (χ0) is 41.2. The van der Waals surface area contributed by atoms with E-state index in [2.05, 4.69) is 215 Å². The van der Waals surface area contributed by atoms with E-state index in [1.54, 1.807) is 0 Å². The lowest BCUT2D eigenvalue weighted by Crippen LogP contribution is -2.03. The molecule has 0 N–H and O–H groups in total. The van der Waals surface area contributed by atoms with E-state index >= 15 is 0 Å². The Morgan fingerprint density at radius 1 is 0.333 bits per heavy atom. The molecular formula is C58H34N4S. The topological polar surface area (TPSA) is 35.6 Å². The Morgan fingerprint density at radius 3 is 1.52 bits per heavy atom. The van der Waals surface area contributed by atoms with E-state index in [0.29, 0.717) is 5.95 Å². The van der Waals surface area contributed by atoms with Crippen LogP contribution in [0.3, 0.4) is 0 Å². The summed E-state index contributed by atoms with van der Waals surface area (Å²) >= 11 is 1.83. The Labute approximate surface area is 365 Å². The van der Waals surface area contributed by atoms with Crippen molar-refractivity contribution in [3.63, 3.8) is 0 Å². The molecule has 0 aliphatic rings. The third kappa shape index (κ3) is 4.91. The summed E-state index contributed by atoms with van der Waals surface area (Å²) < 4.78 is 7.25. The van der Waals surface area contributed by atoms with Gasteiger partial charge in [0.25, 0.3) is 0 Å². The molecule has 0 radical (unpaired) electrons. The van der Waals surface area contributed by atoms with Crippen molar-refractivity contribution in [3.05, 3.63) is 206 Å². The van der Waals surface area contributed by atoms with E-state index in [4.69, 9.17) is 9.97 Å². The van der Waals surface area contributed by atoms with Crippen LogP contribution in [0.25, 0.3) is 130 Å². The van der Waals surface area contributed by atoms with Gasteiger partial charge in [-0.15, -0.1) is 11.3 Å². The molecule has 5 heteroatoms. The predicted molar refractivity (Wildman–Crippen MR) is 267 cm³/mol. The molecule has 0 spiro atoms. The molecule has 14 aromatic rings. The molecule has 0 saturated carbocycles. The fourth-order valence-electron chi connectivity index (χ4n) is 10.5. The molecule has 0 aliphatic heterocycles. The van der Waals surface area contributed by atoms with E-state index in [0.717, 1.165) is 38.9 Å². The maximum Gasteiger partial charge on any atom is 0.235 e. The molecule has 4 aromatic heterocycles. The van der Waals surface area contributed by atoms with Crippen LogP contribution in [-0.4, -0.2) is 19.1 Å². The van der Waals surface area contributed by atoms with Crippen molar-refractivity contribution >= 4 is 108 Å². The summed E-state index contributed by atoms with van der Waals surface area (Å²) in [5, 5.41) is 13.3. The Balaban J connectivity index is 1.11. The maximum absolute atomic E-state index is 5.63. The largest absolute Gasteiger partial charge is 0.309 e. The molecule has 0 unspecified atom stereocenters. The molecule has 63 heavy (non-hydrogen) atoms. The smallest absolute Gasteiger partial charge is 0.235 e. The van der Waals surface area contributed by atoms with Crippen LogP contribution < -0.4 is 0 Å². The van der Waals surface area contributed by atoms with Crippen molar-refractivity contribution in [2.75, 3.05) is 0 Å². The predicted octanol–water partition coefficient (Wildman–Crippen LogP) is 15.8. The van der Waals surface area contributed by atoms with Crippen LogP contribution in [0.1, 0.15) is 0 Å². The normalized spacial score (nSPS) is 12.1. The Kier molecular flexibility index (Phi) is 7.24. The summed E-state index contributed by atoms with van der Waals surface area (Å²) in [6.45, 7) is 0. The van der Waals surface area contributed by atoms with Crippen LogP contribution in [-0.2, 0) is 0 Å². The van der Waals surface area contributed by atoms with Crippen LogP contribution in [0.4, 0.5) is 0 Å². The van der Waals surface area contributed by atoms with Crippen molar-refractivity contribution in [3.8, 4) is 34.0 Å². The van der Waals surface area contributed by atoms with Gasteiger partial charge in [0.1, 0.15) is 0 Å². The fourth-order valence-corrected chi connectivity index (χ4v) is 11.7. The maximum atomic E-state index is 5.63. The van der Waals surface area contributed by atoms with Crippen LogP contribution in [0, 0.1) is 0 Å². The molecule has 292 valence electrons. The average Bonchev–Trinajstić information content (AvgIpc) is 4.01. The van der Waals surface area contributed by atoms with Gasteiger partial charge in [0.15, 0.2) is 0 Å². The molecule has 0 fully saturated rings. The summed E-state index contributed by atoms with van der Waals surface area (Å²) in [6.07, 6.45) is 0. The first-order chi connectivity index (χ1) is 31.3. The number of para-hydroxylation sites is 4. The monoisotopic (exact) mass is 818 g/mol. The van der Waals surface area contributed by atoms with Crippen molar-refractivity contribution in [2.45, 2.75) is 0 Å².